The zero-order valence-corrected chi connectivity index (χ0v) is 19.8. The number of hydrogen-bond donors (Lipinski definition) is 3. The number of carbonyl (C=O) groups is 1. The van der Waals surface area contributed by atoms with Crippen LogP contribution >= 0.6 is 11.6 Å². The fraction of sp³-hybridized carbons (Fsp3) is 0.138. The van der Waals surface area contributed by atoms with Crippen LogP contribution in [0.3, 0.4) is 0 Å². The molecule has 5 rings (SSSR count). The highest BCUT2D eigenvalue weighted by molar-refractivity contribution is 6.31. The molecule has 35 heavy (non-hydrogen) atoms. The van der Waals surface area contributed by atoms with Gasteiger partial charge in [0.2, 0.25) is 0 Å². The molecular weight excluding hydrogens is 460 g/mol. The van der Waals surface area contributed by atoms with Crippen LogP contribution in [0.4, 0.5) is 0 Å². The zero-order chi connectivity index (χ0) is 24.2. The van der Waals surface area contributed by atoms with Crippen molar-refractivity contribution < 1.29 is 14.6 Å². The molecule has 1 aromatic heterocycles. The summed E-state index contributed by atoms with van der Waals surface area (Å²) in [4.78, 5) is 15.4. The van der Waals surface area contributed by atoms with E-state index in [-0.39, 0.29) is 0 Å². The normalized spacial score (nSPS) is 12.1. The first-order valence-electron chi connectivity index (χ1n) is 11.5. The third-order valence-electron chi connectivity index (χ3n) is 6.26. The topological polar surface area (TPSA) is 74.3 Å². The van der Waals surface area contributed by atoms with E-state index < -0.39 is 12.0 Å². The highest BCUT2D eigenvalue weighted by Crippen LogP contribution is 2.30. The molecule has 0 fully saturated rings. The van der Waals surface area contributed by atoms with Crippen molar-refractivity contribution in [3.05, 3.63) is 113 Å². The van der Waals surface area contributed by atoms with Crippen molar-refractivity contribution >= 4 is 39.2 Å². The van der Waals surface area contributed by atoms with E-state index >= 15 is 0 Å². The molecule has 0 bridgehead atoms. The Labute approximate surface area is 208 Å². The Hall–Kier alpha value is -3.80. The molecular formula is C29H25ClN2O3. The van der Waals surface area contributed by atoms with Gasteiger partial charge in [-0.3, -0.25) is 10.1 Å². The summed E-state index contributed by atoms with van der Waals surface area (Å²) < 4.78 is 6.19. The van der Waals surface area contributed by atoms with Crippen LogP contribution in [0.15, 0.2) is 91.1 Å². The first-order chi connectivity index (χ1) is 17.1. The van der Waals surface area contributed by atoms with Crippen LogP contribution in [0, 0.1) is 0 Å². The number of ether oxygens (including phenoxy) is 1. The molecule has 1 unspecified atom stereocenters. The first-order valence-corrected chi connectivity index (χ1v) is 11.9. The van der Waals surface area contributed by atoms with Gasteiger partial charge in [0.05, 0.1) is 0 Å². The number of para-hydroxylation sites is 1. The molecule has 0 saturated carbocycles. The second kappa shape index (κ2) is 10.2. The molecule has 0 aliphatic carbocycles. The van der Waals surface area contributed by atoms with E-state index in [1.54, 1.807) is 0 Å². The quantitative estimate of drug-likeness (QED) is 0.228. The lowest BCUT2D eigenvalue weighted by Crippen LogP contribution is -2.38. The van der Waals surface area contributed by atoms with E-state index in [9.17, 15) is 9.90 Å². The molecule has 0 spiro atoms. The number of benzene rings is 4. The Morgan fingerprint density at radius 2 is 1.66 bits per heavy atom. The fourth-order valence-electron chi connectivity index (χ4n) is 4.40. The number of aromatic nitrogens is 1. The maximum atomic E-state index is 12.2. The fourth-order valence-corrected chi connectivity index (χ4v) is 4.59. The predicted octanol–water partition coefficient (Wildman–Crippen LogP) is 6.34. The number of aromatic amines is 1. The van der Waals surface area contributed by atoms with Gasteiger partial charge in [0, 0.05) is 46.2 Å². The van der Waals surface area contributed by atoms with E-state index in [1.165, 1.54) is 0 Å². The van der Waals surface area contributed by atoms with Gasteiger partial charge in [0.15, 0.2) is 0 Å². The molecule has 1 heterocycles. The van der Waals surface area contributed by atoms with E-state index in [0.717, 1.165) is 38.4 Å². The Kier molecular flexibility index (Phi) is 6.70. The average Bonchev–Trinajstić information content (AvgIpc) is 3.29. The molecule has 1 atom stereocenters. The standard InChI is InChI=1S/C29H25ClN2O3/c30-25-11-5-2-8-20(25)18-35-28-14-13-19-7-1-3-9-22(19)24(28)17-32-27(29(33)34)15-21-16-31-26-12-6-4-10-23(21)26/h1-14,16,27,31-32H,15,17-18H2,(H,33,34). The number of aliphatic carboxylic acids is 1. The summed E-state index contributed by atoms with van der Waals surface area (Å²) >= 11 is 6.31. The second-order valence-electron chi connectivity index (χ2n) is 8.48. The largest absolute Gasteiger partial charge is 0.488 e. The number of halogens is 1. The third kappa shape index (κ3) is 5.02. The van der Waals surface area contributed by atoms with Crippen molar-refractivity contribution in [1.29, 1.82) is 0 Å². The molecule has 0 amide bonds. The Balaban J connectivity index is 1.40. The predicted molar refractivity (Wildman–Crippen MR) is 140 cm³/mol. The second-order valence-corrected chi connectivity index (χ2v) is 8.89. The zero-order valence-electron chi connectivity index (χ0n) is 19.0. The lowest BCUT2D eigenvalue weighted by atomic mass is 10.0. The summed E-state index contributed by atoms with van der Waals surface area (Å²) in [6, 6.07) is 26.7. The van der Waals surface area contributed by atoms with Crippen LogP contribution in [0.2, 0.25) is 5.02 Å². The van der Waals surface area contributed by atoms with Gasteiger partial charge in [0.1, 0.15) is 18.4 Å². The number of rotatable bonds is 9. The number of carboxylic acid groups (broad SMARTS) is 1. The first kappa shape index (κ1) is 23.0. The summed E-state index contributed by atoms with van der Waals surface area (Å²) in [7, 11) is 0. The highest BCUT2D eigenvalue weighted by atomic mass is 35.5. The summed E-state index contributed by atoms with van der Waals surface area (Å²) in [6.07, 6.45) is 2.25. The Morgan fingerprint density at radius 3 is 2.49 bits per heavy atom. The van der Waals surface area contributed by atoms with Gasteiger partial charge in [-0.1, -0.05) is 78.3 Å². The average molecular weight is 485 g/mol. The Bertz CT molecular complexity index is 1490. The number of hydrogen-bond acceptors (Lipinski definition) is 3. The molecule has 3 N–H and O–H groups in total. The van der Waals surface area contributed by atoms with Crippen LogP contribution in [-0.4, -0.2) is 22.1 Å². The van der Waals surface area contributed by atoms with Crippen LogP contribution in [0.1, 0.15) is 16.7 Å². The third-order valence-corrected chi connectivity index (χ3v) is 6.63. The van der Waals surface area contributed by atoms with Crippen molar-refractivity contribution in [2.75, 3.05) is 0 Å². The summed E-state index contributed by atoms with van der Waals surface area (Å²) in [5, 5.41) is 17.0. The van der Waals surface area contributed by atoms with Crippen molar-refractivity contribution in [3.63, 3.8) is 0 Å². The lowest BCUT2D eigenvalue weighted by molar-refractivity contribution is -0.139. The van der Waals surface area contributed by atoms with Crippen LogP contribution in [-0.2, 0) is 24.4 Å². The Morgan fingerprint density at radius 1 is 0.914 bits per heavy atom. The molecule has 4 aromatic carbocycles. The summed E-state index contributed by atoms with van der Waals surface area (Å²) in [5.74, 6) is -0.193. The SMILES string of the molecule is O=C(O)C(Cc1c[nH]c2ccccc12)NCc1c(OCc2ccccc2Cl)ccc2ccccc12. The van der Waals surface area contributed by atoms with Crippen molar-refractivity contribution in [2.24, 2.45) is 0 Å². The number of fused-ring (bicyclic) bond motifs is 2. The maximum Gasteiger partial charge on any atom is 0.321 e. The maximum absolute atomic E-state index is 12.2. The van der Waals surface area contributed by atoms with Gasteiger partial charge in [-0.05, 0) is 34.5 Å². The number of nitrogens with one attached hydrogen (secondary N) is 2. The van der Waals surface area contributed by atoms with E-state index in [4.69, 9.17) is 16.3 Å². The molecule has 176 valence electrons. The minimum absolute atomic E-state index is 0.322. The van der Waals surface area contributed by atoms with E-state index in [2.05, 4.69) is 10.3 Å². The van der Waals surface area contributed by atoms with Crippen LogP contribution < -0.4 is 10.1 Å². The number of carboxylic acids is 1. The number of H-pyrrole nitrogens is 1. The molecule has 0 radical (unpaired) electrons. The van der Waals surface area contributed by atoms with Gasteiger partial charge in [-0.25, -0.2) is 0 Å². The van der Waals surface area contributed by atoms with Crippen molar-refractivity contribution in [1.82, 2.24) is 10.3 Å². The van der Waals surface area contributed by atoms with Crippen molar-refractivity contribution in [2.45, 2.75) is 25.6 Å². The summed E-state index contributed by atoms with van der Waals surface area (Å²) in [5.41, 5.74) is 3.77. The minimum atomic E-state index is -0.894. The molecule has 6 heteroatoms. The summed E-state index contributed by atoms with van der Waals surface area (Å²) in [6.45, 7) is 0.668. The van der Waals surface area contributed by atoms with Crippen LogP contribution in [0.25, 0.3) is 21.7 Å². The molecule has 5 nitrogen and oxygen atoms in total. The van der Waals surface area contributed by atoms with E-state index in [0.29, 0.717) is 30.3 Å². The van der Waals surface area contributed by atoms with Gasteiger partial charge in [-0.15, -0.1) is 0 Å². The highest BCUT2D eigenvalue weighted by Gasteiger charge is 2.21. The van der Waals surface area contributed by atoms with Gasteiger partial charge >= 0.3 is 5.97 Å². The van der Waals surface area contributed by atoms with Gasteiger partial charge < -0.3 is 14.8 Å². The van der Waals surface area contributed by atoms with Gasteiger partial charge in [-0.2, -0.15) is 0 Å². The molecule has 5 aromatic rings. The van der Waals surface area contributed by atoms with Crippen molar-refractivity contribution in [3.8, 4) is 5.75 Å². The van der Waals surface area contributed by atoms with Crippen LogP contribution in [0.5, 0.6) is 5.75 Å². The smallest absolute Gasteiger partial charge is 0.321 e. The molecule has 0 aliphatic heterocycles. The van der Waals surface area contributed by atoms with E-state index in [1.807, 2.05) is 91.1 Å². The molecule has 0 saturated heterocycles. The lowest BCUT2D eigenvalue weighted by Gasteiger charge is -2.18. The molecule has 0 aliphatic rings. The minimum Gasteiger partial charge on any atom is -0.488 e. The monoisotopic (exact) mass is 484 g/mol. The van der Waals surface area contributed by atoms with Gasteiger partial charge in [0.25, 0.3) is 0 Å².